The fourth-order valence-corrected chi connectivity index (χ4v) is 4.79. The number of aliphatic hydroxyl groups excluding tert-OH is 2. The van der Waals surface area contributed by atoms with Gasteiger partial charge in [-0.3, -0.25) is 0 Å². The van der Waals surface area contributed by atoms with Gasteiger partial charge < -0.3 is 15.5 Å². The van der Waals surface area contributed by atoms with E-state index in [0.29, 0.717) is 30.1 Å². The van der Waals surface area contributed by atoms with Crippen LogP contribution >= 0.6 is 11.6 Å². The molecule has 2 aromatic carbocycles. The minimum Gasteiger partial charge on any atom is -0.396 e. The Labute approximate surface area is 200 Å². The molecule has 0 aliphatic heterocycles. The zero-order valence-corrected chi connectivity index (χ0v) is 19.0. The molecule has 1 aromatic heterocycles. The van der Waals surface area contributed by atoms with E-state index < -0.39 is 17.8 Å². The molecule has 1 heterocycles. The molecular formula is C25H25ClF3N3O2. The standard InChI is InChI=1S/C25H25ClF3N3O2/c26-21-7-2-1-4-16(21)13-31-22-12-23(34)20(14-33)19(22)11-18-8-9-30-24(32-18)15-5-3-6-17(10-15)25(27,28)29/h1-10,19-20,22-23,31,33-34H,11-14H2/t19-,20-,22-,23-/m1/s1. The number of alkyl halides is 3. The molecule has 0 radical (unpaired) electrons. The van der Waals surface area contributed by atoms with Crippen LogP contribution in [-0.2, 0) is 19.1 Å². The van der Waals surface area contributed by atoms with E-state index in [1.807, 2.05) is 24.3 Å². The van der Waals surface area contributed by atoms with Crippen LogP contribution in [-0.4, -0.2) is 38.9 Å². The molecule has 1 saturated carbocycles. The third-order valence-corrected chi connectivity index (χ3v) is 6.75. The lowest BCUT2D eigenvalue weighted by atomic mass is 9.88. The maximum Gasteiger partial charge on any atom is 0.416 e. The van der Waals surface area contributed by atoms with Crippen LogP contribution in [0.15, 0.2) is 60.8 Å². The topological polar surface area (TPSA) is 78.3 Å². The Morgan fingerprint density at radius 2 is 1.85 bits per heavy atom. The van der Waals surface area contributed by atoms with Crippen LogP contribution in [0.2, 0.25) is 5.02 Å². The number of halogens is 4. The van der Waals surface area contributed by atoms with Gasteiger partial charge in [-0.25, -0.2) is 9.97 Å². The quantitative estimate of drug-likeness (QED) is 0.453. The highest BCUT2D eigenvalue weighted by Gasteiger charge is 2.42. The number of aromatic nitrogens is 2. The molecule has 1 aliphatic carbocycles. The first kappa shape index (κ1) is 24.6. The monoisotopic (exact) mass is 491 g/mol. The molecule has 34 heavy (non-hydrogen) atoms. The van der Waals surface area contributed by atoms with Gasteiger partial charge in [-0.05, 0) is 48.6 Å². The maximum atomic E-state index is 13.1. The Balaban J connectivity index is 1.54. The van der Waals surface area contributed by atoms with Crippen LogP contribution in [0, 0.1) is 11.8 Å². The largest absolute Gasteiger partial charge is 0.416 e. The molecular weight excluding hydrogens is 467 g/mol. The number of benzene rings is 2. The molecule has 4 atom stereocenters. The fourth-order valence-electron chi connectivity index (χ4n) is 4.59. The third kappa shape index (κ3) is 5.58. The summed E-state index contributed by atoms with van der Waals surface area (Å²) < 4.78 is 39.3. The van der Waals surface area contributed by atoms with Gasteiger partial charge in [0.2, 0.25) is 0 Å². The fraction of sp³-hybridized carbons (Fsp3) is 0.360. The summed E-state index contributed by atoms with van der Waals surface area (Å²) in [6, 6.07) is 14.0. The summed E-state index contributed by atoms with van der Waals surface area (Å²) in [6.07, 6.45) is -2.72. The lowest BCUT2D eigenvalue weighted by Gasteiger charge is -2.25. The number of hydrogen-bond acceptors (Lipinski definition) is 5. The number of nitrogens with zero attached hydrogens (tertiary/aromatic N) is 2. The first-order valence-corrected chi connectivity index (χ1v) is 11.4. The molecule has 1 aliphatic rings. The van der Waals surface area contributed by atoms with Crippen molar-refractivity contribution < 1.29 is 23.4 Å². The van der Waals surface area contributed by atoms with Crippen molar-refractivity contribution in [2.75, 3.05) is 6.61 Å². The SMILES string of the molecule is OC[C@@H]1[C@@H](Cc2ccnc(-c3cccc(C(F)(F)F)c3)n2)[C@H](NCc2ccccc2Cl)C[C@H]1O. The summed E-state index contributed by atoms with van der Waals surface area (Å²) in [7, 11) is 0. The summed E-state index contributed by atoms with van der Waals surface area (Å²) >= 11 is 6.26. The average Bonchev–Trinajstić information content (AvgIpc) is 3.12. The second-order valence-corrected chi connectivity index (χ2v) is 8.95. The molecule has 0 amide bonds. The van der Waals surface area contributed by atoms with Crippen molar-refractivity contribution in [2.45, 2.75) is 37.7 Å². The van der Waals surface area contributed by atoms with Gasteiger partial charge >= 0.3 is 6.18 Å². The second-order valence-electron chi connectivity index (χ2n) is 8.55. The van der Waals surface area contributed by atoms with Crippen LogP contribution < -0.4 is 5.32 Å². The van der Waals surface area contributed by atoms with Gasteiger partial charge in [0, 0.05) is 47.6 Å². The van der Waals surface area contributed by atoms with Gasteiger partial charge in [0.15, 0.2) is 5.82 Å². The molecule has 3 N–H and O–H groups in total. The zero-order valence-electron chi connectivity index (χ0n) is 18.2. The van der Waals surface area contributed by atoms with Gasteiger partial charge in [0.1, 0.15) is 0 Å². The van der Waals surface area contributed by atoms with E-state index in [9.17, 15) is 23.4 Å². The first-order chi connectivity index (χ1) is 16.3. The van der Waals surface area contributed by atoms with Gasteiger partial charge in [-0.15, -0.1) is 0 Å². The Morgan fingerprint density at radius 1 is 1.06 bits per heavy atom. The van der Waals surface area contributed by atoms with Crippen LogP contribution in [0.4, 0.5) is 13.2 Å². The highest BCUT2D eigenvalue weighted by molar-refractivity contribution is 6.31. The summed E-state index contributed by atoms with van der Waals surface area (Å²) in [5, 5.41) is 24.6. The van der Waals surface area contributed by atoms with Crippen molar-refractivity contribution in [3.05, 3.63) is 82.6 Å². The molecule has 180 valence electrons. The minimum absolute atomic E-state index is 0.101. The maximum absolute atomic E-state index is 13.1. The molecule has 0 spiro atoms. The number of rotatable bonds is 7. The molecule has 0 unspecified atom stereocenters. The van der Waals surface area contributed by atoms with Gasteiger partial charge in [-0.1, -0.05) is 41.9 Å². The Morgan fingerprint density at radius 3 is 2.59 bits per heavy atom. The lowest BCUT2D eigenvalue weighted by molar-refractivity contribution is -0.137. The predicted molar refractivity (Wildman–Crippen MR) is 123 cm³/mol. The summed E-state index contributed by atoms with van der Waals surface area (Å²) in [4.78, 5) is 8.66. The molecule has 0 saturated heterocycles. The number of aliphatic hydroxyl groups is 2. The van der Waals surface area contributed by atoms with Crippen molar-refractivity contribution in [3.8, 4) is 11.4 Å². The van der Waals surface area contributed by atoms with Gasteiger partial charge in [-0.2, -0.15) is 13.2 Å². The van der Waals surface area contributed by atoms with E-state index in [-0.39, 0.29) is 35.9 Å². The van der Waals surface area contributed by atoms with Crippen molar-refractivity contribution in [2.24, 2.45) is 11.8 Å². The summed E-state index contributed by atoms with van der Waals surface area (Å²) in [5.41, 5.74) is 1.07. The number of hydrogen-bond donors (Lipinski definition) is 3. The predicted octanol–water partition coefficient (Wildman–Crippen LogP) is 4.51. The van der Waals surface area contributed by atoms with Crippen molar-refractivity contribution in [3.63, 3.8) is 0 Å². The lowest BCUT2D eigenvalue weighted by Crippen LogP contribution is -2.36. The molecule has 0 bridgehead atoms. The normalized spacial score (nSPS) is 22.8. The van der Waals surface area contributed by atoms with E-state index in [4.69, 9.17) is 11.6 Å². The molecule has 9 heteroatoms. The third-order valence-electron chi connectivity index (χ3n) is 6.39. The summed E-state index contributed by atoms with van der Waals surface area (Å²) in [6.45, 7) is 0.326. The van der Waals surface area contributed by atoms with Crippen LogP contribution in [0.5, 0.6) is 0 Å². The molecule has 3 aromatic rings. The minimum atomic E-state index is -4.46. The van der Waals surface area contributed by atoms with E-state index >= 15 is 0 Å². The van der Waals surface area contributed by atoms with E-state index in [0.717, 1.165) is 17.7 Å². The van der Waals surface area contributed by atoms with E-state index in [1.54, 1.807) is 6.07 Å². The Kier molecular flexibility index (Phi) is 7.52. The van der Waals surface area contributed by atoms with E-state index in [1.165, 1.54) is 18.3 Å². The Bertz CT molecular complexity index is 1130. The van der Waals surface area contributed by atoms with Crippen molar-refractivity contribution in [1.29, 1.82) is 0 Å². The molecule has 1 fully saturated rings. The molecule has 5 nitrogen and oxygen atoms in total. The Hall–Kier alpha value is -2.52. The van der Waals surface area contributed by atoms with E-state index in [2.05, 4.69) is 15.3 Å². The zero-order chi connectivity index (χ0) is 24.3. The van der Waals surface area contributed by atoms with Crippen molar-refractivity contribution >= 4 is 11.6 Å². The number of nitrogens with one attached hydrogen (secondary N) is 1. The van der Waals surface area contributed by atoms with Crippen LogP contribution in [0.25, 0.3) is 11.4 Å². The van der Waals surface area contributed by atoms with Crippen LogP contribution in [0.3, 0.4) is 0 Å². The van der Waals surface area contributed by atoms with Crippen molar-refractivity contribution in [1.82, 2.24) is 15.3 Å². The molecule has 4 rings (SSSR count). The van der Waals surface area contributed by atoms with Crippen LogP contribution in [0.1, 0.15) is 23.2 Å². The first-order valence-electron chi connectivity index (χ1n) is 11.0. The summed E-state index contributed by atoms with van der Waals surface area (Å²) in [5.74, 6) is -0.286. The average molecular weight is 492 g/mol. The highest BCUT2D eigenvalue weighted by atomic mass is 35.5. The second kappa shape index (κ2) is 10.4. The smallest absolute Gasteiger partial charge is 0.396 e. The van der Waals surface area contributed by atoms with Gasteiger partial charge in [0.05, 0.1) is 11.7 Å². The van der Waals surface area contributed by atoms with Gasteiger partial charge in [0.25, 0.3) is 0 Å². The highest BCUT2D eigenvalue weighted by Crippen LogP contribution is 2.36.